The summed E-state index contributed by atoms with van der Waals surface area (Å²) in [5.41, 5.74) is 1.46. The van der Waals surface area contributed by atoms with Gasteiger partial charge in [-0.3, -0.25) is 4.79 Å². The number of alkyl halides is 3. The Hall–Kier alpha value is -3.86. The molecule has 2 aromatic carbocycles. The molecule has 1 aromatic heterocycles. The molecule has 4 rings (SSSR count). The van der Waals surface area contributed by atoms with Crippen LogP contribution in [0.5, 0.6) is 17.2 Å². The second-order valence-corrected chi connectivity index (χ2v) is 7.77. The summed E-state index contributed by atoms with van der Waals surface area (Å²) in [5.74, 6) is -1.15. The van der Waals surface area contributed by atoms with E-state index >= 15 is 0 Å². The fourth-order valence-electron chi connectivity index (χ4n) is 3.51. The molecule has 35 heavy (non-hydrogen) atoms. The number of hydrogen-bond acceptors (Lipinski definition) is 6. The van der Waals surface area contributed by atoms with Gasteiger partial charge < -0.3 is 24.6 Å². The Bertz CT molecular complexity index is 1250. The van der Waals surface area contributed by atoms with Gasteiger partial charge >= 0.3 is 12.7 Å². The Morgan fingerprint density at radius 3 is 2.63 bits per heavy atom. The van der Waals surface area contributed by atoms with E-state index in [-0.39, 0.29) is 41.5 Å². The van der Waals surface area contributed by atoms with Gasteiger partial charge in [-0.05, 0) is 47.5 Å². The Kier molecular flexibility index (Phi) is 6.79. The monoisotopic (exact) mass is 492 g/mol. The largest absolute Gasteiger partial charge is 0.432 e. The van der Waals surface area contributed by atoms with E-state index in [1.807, 2.05) is 0 Å². The van der Waals surface area contributed by atoms with Crippen LogP contribution in [-0.2, 0) is 17.8 Å². The summed E-state index contributed by atoms with van der Waals surface area (Å²) in [4.78, 5) is 15.5. The summed E-state index contributed by atoms with van der Waals surface area (Å²) >= 11 is 0. The highest BCUT2D eigenvalue weighted by Gasteiger charge is 2.37. The lowest BCUT2D eigenvalue weighted by Crippen LogP contribution is -2.27. The van der Waals surface area contributed by atoms with Gasteiger partial charge in [-0.25, -0.2) is 9.37 Å². The number of benzene rings is 2. The lowest BCUT2D eigenvalue weighted by atomic mass is 10.0. The van der Waals surface area contributed by atoms with Crippen LogP contribution in [0.2, 0.25) is 0 Å². The van der Waals surface area contributed by atoms with E-state index in [2.05, 4.69) is 15.0 Å². The Labute approximate surface area is 197 Å². The molecule has 1 unspecified atom stereocenters. The molecule has 0 aliphatic carbocycles. The van der Waals surface area contributed by atoms with Crippen LogP contribution in [0.3, 0.4) is 0 Å². The Balaban J connectivity index is 1.61. The van der Waals surface area contributed by atoms with Gasteiger partial charge in [-0.1, -0.05) is 12.1 Å². The van der Waals surface area contributed by atoms with E-state index in [9.17, 15) is 22.4 Å². The lowest BCUT2D eigenvalue weighted by Gasteiger charge is -2.13. The highest BCUT2D eigenvalue weighted by atomic mass is 19.3. The third kappa shape index (κ3) is 5.80. The first-order valence-corrected chi connectivity index (χ1v) is 10.4. The number of amides is 1. The third-order valence-corrected chi connectivity index (χ3v) is 5.06. The number of aliphatic hydroxyl groups excluding tert-OH is 1. The van der Waals surface area contributed by atoms with Gasteiger partial charge in [-0.2, -0.15) is 13.2 Å². The van der Waals surface area contributed by atoms with Crippen molar-refractivity contribution < 1.29 is 41.7 Å². The topological polar surface area (TPSA) is 89.9 Å². The number of ether oxygens (including phenoxy) is 3. The van der Waals surface area contributed by atoms with Gasteiger partial charge in [0.1, 0.15) is 18.1 Å². The number of hydrogen-bond donors (Lipinski definition) is 2. The highest BCUT2D eigenvalue weighted by Crippen LogP contribution is 2.43. The maximum Gasteiger partial charge on any atom is 0.404 e. The van der Waals surface area contributed by atoms with Gasteiger partial charge in [0.15, 0.2) is 17.2 Å². The number of aliphatic hydroxyl groups is 1. The normalized spacial score (nSPS) is 16.4. The molecule has 0 saturated heterocycles. The van der Waals surface area contributed by atoms with Crippen molar-refractivity contribution in [3.63, 3.8) is 0 Å². The van der Waals surface area contributed by atoms with Gasteiger partial charge in [0, 0.05) is 31.1 Å². The summed E-state index contributed by atoms with van der Waals surface area (Å²) < 4.78 is 69.3. The fourth-order valence-corrected chi connectivity index (χ4v) is 3.51. The first-order valence-electron chi connectivity index (χ1n) is 10.4. The van der Waals surface area contributed by atoms with Gasteiger partial charge in [0.2, 0.25) is 5.91 Å². The predicted molar refractivity (Wildman–Crippen MR) is 115 cm³/mol. The minimum atomic E-state index is -3.11. The minimum absolute atomic E-state index is 0.0319. The number of nitrogens with zero attached hydrogens (tertiary/aromatic N) is 1. The molecule has 3 aromatic rings. The second-order valence-electron chi connectivity index (χ2n) is 7.77. The van der Waals surface area contributed by atoms with Gasteiger partial charge in [0.05, 0.1) is 0 Å². The smallest absolute Gasteiger partial charge is 0.404 e. The highest BCUT2D eigenvalue weighted by molar-refractivity contribution is 5.76. The van der Waals surface area contributed by atoms with E-state index in [0.717, 1.165) is 6.92 Å². The van der Waals surface area contributed by atoms with Gasteiger partial charge in [0.25, 0.3) is 0 Å². The molecule has 7 nitrogen and oxygen atoms in total. The minimum Gasteiger partial charge on any atom is -0.432 e. The number of halogens is 4. The molecule has 0 radical (unpaired) electrons. The molecule has 1 aliphatic heterocycles. The maximum absolute atomic E-state index is 14.7. The van der Waals surface area contributed by atoms with E-state index in [1.54, 1.807) is 6.07 Å². The first-order chi connectivity index (χ1) is 16.6. The number of carbonyl (C=O) groups is 1. The third-order valence-electron chi connectivity index (χ3n) is 5.06. The van der Waals surface area contributed by atoms with Crippen molar-refractivity contribution in [2.45, 2.75) is 32.5 Å². The van der Waals surface area contributed by atoms with Crippen LogP contribution >= 0.6 is 0 Å². The molecule has 0 saturated carbocycles. The molecule has 2 N–H and O–H groups in total. The summed E-state index contributed by atoms with van der Waals surface area (Å²) in [7, 11) is 0. The molecule has 184 valence electrons. The Morgan fingerprint density at radius 2 is 1.91 bits per heavy atom. The van der Waals surface area contributed by atoms with E-state index in [1.165, 1.54) is 42.5 Å². The molecule has 1 atom stereocenters. The zero-order valence-electron chi connectivity index (χ0n) is 18.4. The molecule has 1 aliphatic rings. The van der Waals surface area contributed by atoms with E-state index in [0.29, 0.717) is 16.8 Å². The average Bonchev–Trinajstić information content (AvgIpc) is 3.12. The van der Waals surface area contributed by atoms with Crippen LogP contribution < -0.4 is 19.5 Å². The Morgan fingerprint density at radius 1 is 1.14 bits per heavy atom. The number of nitrogens with one attached hydrogen (secondary N) is 1. The summed E-state index contributed by atoms with van der Waals surface area (Å²) in [6.07, 6.45) is 0.0319. The SMILES string of the molecule is CC1(F)Oc2ccc(-c3nc(Cc4ccc(CNC(=O)CO)cc4F)ccc3OC(F)F)cc2O1. The van der Waals surface area contributed by atoms with Crippen LogP contribution in [0.1, 0.15) is 23.7 Å². The molecule has 11 heteroatoms. The number of pyridine rings is 1. The zero-order valence-corrected chi connectivity index (χ0v) is 18.4. The summed E-state index contributed by atoms with van der Waals surface area (Å²) in [6, 6.07) is 9.04. The van der Waals surface area contributed by atoms with Crippen LogP contribution in [0.15, 0.2) is 48.5 Å². The molecular formula is C24H20F4N2O5. The molecule has 1 amide bonds. The maximum atomic E-state index is 14.7. The standard InChI is InChI=1S/C24H20F4N2O5/c1-24(28)34-18-6-4-15(10-20(18)35-24)22-19(33-23(26)27)7-5-16(30-22)9-14-3-2-13(8-17(14)25)11-29-21(32)12-31/h2-8,10,23,31H,9,11-12H2,1H3,(H,29,32). The molecule has 0 fully saturated rings. The number of carbonyl (C=O) groups excluding carboxylic acids is 1. The van der Waals surface area contributed by atoms with Crippen molar-refractivity contribution in [3.8, 4) is 28.5 Å². The summed E-state index contributed by atoms with van der Waals surface area (Å²) in [6.45, 7) is -2.66. The van der Waals surface area contributed by atoms with Crippen molar-refractivity contribution in [1.29, 1.82) is 0 Å². The van der Waals surface area contributed by atoms with Crippen LogP contribution in [0.4, 0.5) is 17.6 Å². The number of rotatable bonds is 8. The quantitative estimate of drug-likeness (QED) is 0.461. The number of fused-ring (bicyclic) bond motifs is 1. The zero-order chi connectivity index (χ0) is 25.2. The van der Waals surface area contributed by atoms with Crippen LogP contribution in [0.25, 0.3) is 11.3 Å². The van der Waals surface area contributed by atoms with E-state index < -0.39 is 31.0 Å². The van der Waals surface area contributed by atoms with Crippen molar-refractivity contribution in [2.24, 2.45) is 0 Å². The molecule has 0 bridgehead atoms. The molecular weight excluding hydrogens is 472 g/mol. The van der Waals surface area contributed by atoms with Crippen molar-refractivity contribution in [2.75, 3.05) is 6.61 Å². The van der Waals surface area contributed by atoms with Crippen LogP contribution in [-0.4, -0.2) is 35.3 Å². The van der Waals surface area contributed by atoms with Crippen molar-refractivity contribution >= 4 is 5.91 Å². The molecule has 0 spiro atoms. The summed E-state index contributed by atoms with van der Waals surface area (Å²) in [5, 5.41) is 11.2. The lowest BCUT2D eigenvalue weighted by molar-refractivity contribution is -0.173. The molecule has 2 heterocycles. The van der Waals surface area contributed by atoms with Crippen LogP contribution in [0, 0.1) is 5.82 Å². The first kappa shape index (κ1) is 24.3. The average molecular weight is 492 g/mol. The fraction of sp³-hybridized carbons (Fsp3) is 0.250. The van der Waals surface area contributed by atoms with Gasteiger partial charge in [-0.15, -0.1) is 0 Å². The van der Waals surface area contributed by atoms with Crippen molar-refractivity contribution in [1.82, 2.24) is 10.3 Å². The second kappa shape index (κ2) is 9.79. The van der Waals surface area contributed by atoms with Crippen molar-refractivity contribution in [3.05, 3.63) is 71.2 Å². The van der Waals surface area contributed by atoms with E-state index in [4.69, 9.17) is 14.6 Å². The predicted octanol–water partition coefficient (Wildman–Crippen LogP) is 4.10. The number of aromatic nitrogens is 1.